The number of ether oxygens (including phenoxy) is 2. The van der Waals surface area contributed by atoms with E-state index < -0.39 is 0 Å². The van der Waals surface area contributed by atoms with Gasteiger partial charge in [0.1, 0.15) is 0 Å². The smallest absolute Gasteiger partial charge is 0.0992 e. The predicted molar refractivity (Wildman–Crippen MR) is 76.3 cm³/mol. The molecule has 0 radical (unpaired) electrons. The van der Waals surface area contributed by atoms with Crippen molar-refractivity contribution in [1.29, 1.82) is 0 Å². The van der Waals surface area contributed by atoms with Crippen LogP contribution in [0.4, 0.5) is 0 Å². The molecule has 20 heavy (non-hydrogen) atoms. The highest BCUT2D eigenvalue weighted by atomic mass is 16.5. The third-order valence-electron chi connectivity index (χ3n) is 4.22. The summed E-state index contributed by atoms with van der Waals surface area (Å²) in [6.45, 7) is 7.05. The van der Waals surface area contributed by atoms with Crippen LogP contribution in [0.5, 0.6) is 0 Å². The molecule has 0 N–H and O–H groups in total. The van der Waals surface area contributed by atoms with Crippen LogP contribution in [0.25, 0.3) is 0 Å². The molecule has 2 aliphatic rings. The summed E-state index contributed by atoms with van der Waals surface area (Å²) in [7, 11) is 1.96. The molecule has 3 rings (SSSR count). The van der Waals surface area contributed by atoms with Gasteiger partial charge in [-0.1, -0.05) is 6.08 Å². The molecule has 1 aromatic rings. The fourth-order valence-corrected chi connectivity index (χ4v) is 3.35. The standard InChI is InChI=1S/C15H23N3O2/c1-3-7-19-14-5-4-13-15(14)20-8-6-18(13)11-12-9-16-17(2)10-12/h3,9-10,13-15H,1,4-8,11H2,2H3/t13-,14-,15+/m0/s1. The molecule has 110 valence electrons. The number of rotatable bonds is 5. The van der Waals surface area contributed by atoms with Crippen LogP contribution in [0.1, 0.15) is 18.4 Å². The predicted octanol–water partition coefficient (Wildman–Crippen LogP) is 1.35. The quantitative estimate of drug-likeness (QED) is 0.762. The highest BCUT2D eigenvalue weighted by molar-refractivity contribution is 5.06. The Labute approximate surface area is 120 Å². The zero-order valence-electron chi connectivity index (χ0n) is 12.1. The van der Waals surface area contributed by atoms with Gasteiger partial charge in [0, 0.05) is 37.9 Å². The number of morpholine rings is 1. The number of hydrogen-bond donors (Lipinski definition) is 0. The Bertz CT molecular complexity index is 460. The molecule has 3 atom stereocenters. The second-order valence-electron chi connectivity index (χ2n) is 5.63. The number of hydrogen-bond acceptors (Lipinski definition) is 4. The molecule has 1 aliphatic heterocycles. The summed E-state index contributed by atoms with van der Waals surface area (Å²) in [5.41, 5.74) is 1.27. The Morgan fingerprint density at radius 1 is 1.55 bits per heavy atom. The van der Waals surface area contributed by atoms with Crippen LogP contribution in [0, 0.1) is 0 Å². The normalized spacial score (nSPS) is 30.4. The van der Waals surface area contributed by atoms with Crippen LogP contribution in [-0.2, 0) is 23.1 Å². The van der Waals surface area contributed by atoms with Gasteiger partial charge in [0.25, 0.3) is 0 Å². The maximum atomic E-state index is 5.96. The average molecular weight is 277 g/mol. The molecule has 2 heterocycles. The SMILES string of the molecule is C=CCO[C@H]1CC[C@H]2[C@H]1OCCN2Cc1cnn(C)c1. The van der Waals surface area contributed by atoms with Crippen molar-refractivity contribution in [3.05, 3.63) is 30.6 Å². The van der Waals surface area contributed by atoms with Crippen molar-refractivity contribution >= 4 is 0 Å². The average Bonchev–Trinajstić information content (AvgIpc) is 3.04. The molecule has 0 spiro atoms. The van der Waals surface area contributed by atoms with Gasteiger partial charge in [0.05, 0.1) is 31.6 Å². The van der Waals surface area contributed by atoms with Crippen molar-refractivity contribution in [2.75, 3.05) is 19.8 Å². The third kappa shape index (κ3) is 2.80. The highest BCUT2D eigenvalue weighted by Crippen LogP contribution is 2.32. The summed E-state index contributed by atoms with van der Waals surface area (Å²) in [4.78, 5) is 2.52. The lowest BCUT2D eigenvalue weighted by atomic mass is 10.1. The van der Waals surface area contributed by atoms with E-state index in [0.29, 0.717) is 12.6 Å². The zero-order chi connectivity index (χ0) is 13.9. The van der Waals surface area contributed by atoms with Crippen LogP contribution in [0.2, 0.25) is 0 Å². The van der Waals surface area contributed by atoms with Gasteiger partial charge in [0.2, 0.25) is 0 Å². The van der Waals surface area contributed by atoms with Crippen LogP contribution < -0.4 is 0 Å². The number of aryl methyl sites for hydroxylation is 1. The maximum absolute atomic E-state index is 5.96. The third-order valence-corrected chi connectivity index (χ3v) is 4.22. The Morgan fingerprint density at radius 3 is 3.20 bits per heavy atom. The van der Waals surface area contributed by atoms with Crippen molar-refractivity contribution in [3.63, 3.8) is 0 Å². The number of fused-ring (bicyclic) bond motifs is 1. The van der Waals surface area contributed by atoms with Gasteiger partial charge in [0.15, 0.2) is 0 Å². The van der Waals surface area contributed by atoms with Gasteiger partial charge in [-0.3, -0.25) is 9.58 Å². The summed E-state index contributed by atoms with van der Waals surface area (Å²) in [6.07, 6.45) is 8.49. The van der Waals surface area contributed by atoms with Gasteiger partial charge in [-0.2, -0.15) is 5.10 Å². The number of nitrogens with zero attached hydrogens (tertiary/aromatic N) is 3. The first kappa shape index (κ1) is 13.8. The summed E-state index contributed by atoms with van der Waals surface area (Å²) in [6, 6.07) is 0.471. The van der Waals surface area contributed by atoms with Crippen molar-refractivity contribution in [1.82, 2.24) is 14.7 Å². The van der Waals surface area contributed by atoms with Gasteiger partial charge in [-0.25, -0.2) is 0 Å². The minimum atomic E-state index is 0.209. The fourth-order valence-electron chi connectivity index (χ4n) is 3.35. The molecular weight excluding hydrogens is 254 g/mol. The van der Waals surface area contributed by atoms with Crippen molar-refractivity contribution < 1.29 is 9.47 Å². The van der Waals surface area contributed by atoms with Crippen molar-refractivity contribution in [2.45, 2.75) is 37.6 Å². The van der Waals surface area contributed by atoms with Gasteiger partial charge >= 0.3 is 0 Å². The molecule has 0 bridgehead atoms. The molecule has 0 aromatic carbocycles. The molecule has 1 aliphatic carbocycles. The lowest BCUT2D eigenvalue weighted by molar-refractivity contribution is -0.111. The molecule has 2 fully saturated rings. The van der Waals surface area contributed by atoms with E-state index in [1.807, 2.05) is 24.0 Å². The molecule has 0 unspecified atom stereocenters. The summed E-state index contributed by atoms with van der Waals surface area (Å²) in [5, 5.41) is 4.25. The van der Waals surface area contributed by atoms with E-state index in [1.165, 1.54) is 5.56 Å². The van der Waals surface area contributed by atoms with E-state index in [4.69, 9.17) is 9.47 Å². The molecule has 5 heteroatoms. The van der Waals surface area contributed by atoms with E-state index >= 15 is 0 Å². The van der Waals surface area contributed by atoms with Crippen LogP contribution in [0.3, 0.4) is 0 Å². The molecule has 1 saturated carbocycles. The molecular formula is C15H23N3O2. The van der Waals surface area contributed by atoms with Crippen LogP contribution >= 0.6 is 0 Å². The molecule has 1 aromatic heterocycles. The van der Waals surface area contributed by atoms with Crippen molar-refractivity contribution in [3.8, 4) is 0 Å². The maximum Gasteiger partial charge on any atom is 0.0992 e. The topological polar surface area (TPSA) is 39.5 Å². The summed E-state index contributed by atoms with van der Waals surface area (Å²) in [5.74, 6) is 0. The monoisotopic (exact) mass is 277 g/mol. The Balaban J connectivity index is 1.63. The van der Waals surface area contributed by atoms with Gasteiger partial charge in [-0.15, -0.1) is 6.58 Å². The first-order chi connectivity index (χ1) is 9.78. The lowest BCUT2D eigenvalue weighted by Gasteiger charge is -2.38. The second kappa shape index (κ2) is 6.08. The second-order valence-corrected chi connectivity index (χ2v) is 5.63. The lowest BCUT2D eigenvalue weighted by Crippen LogP contribution is -2.51. The Morgan fingerprint density at radius 2 is 2.45 bits per heavy atom. The van der Waals surface area contributed by atoms with E-state index in [1.54, 1.807) is 0 Å². The fraction of sp³-hybridized carbons (Fsp3) is 0.667. The summed E-state index contributed by atoms with van der Waals surface area (Å²) >= 11 is 0. The van der Waals surface area contributed by atoms with Gasteiger partial charge in [-0.05, 0) is 12.8 Å². The van der Waals surface area contributed by atoms with E-state index in [-0.39, 0.29) is 12.2 Å². The molecule has 0 amide bonds. The summed E-state index contributed by atoms with van der Waals surface area (Å²) < 4.78 is 13.7. The van der Waals surface area contributed by atoms with E-state index in [0.717, 1.165) is 32.5 Å². The minimum Gasteiger partial charge on any atom is -0.373 e. The zero-order valence-corrected chi connectivity index (χ0v) is 12.1. The molecule has 1 saturated heterocycles. The van der Waals surface area contributed by atoms with E-state index in [2.05, 4.69) is 22.8 Å². The number of aromatic nitrogens is 2. The minimum absolute atomic E-state index is 0.209. The Hall–Kier alpha value is -1.17. The molecule has 5 nitrogen and oxygen atoms in total. The van der Waals surface area contributed by atoms with Crippen LogP contribution in [0.15, 0.2) is 25.0 Å². The first-order valence-corrected chi connectivity index (χ1v) is 7.33. The first-order valence-electron chi connectivity index (χ1n) is 7.33. The Kier molecular flexibility index (Phi) is 4.19. The van der Waals surface area contributed by atoms with E-state index in [9.17, 15) is 0 Å². The van der Waals surface area contributed by atoms with Gasteiger partial charge < -0.3 is 9.47 Å². The largest absolute Gasteiger partial charge is 0.373 e. The van der Waals surface area contributed by atoms with Crippen LogP contribution in [-0.4, -0.2) is 52.7 Å². The highest BCUT2D eigenvalue weighted by Gasteiger charge is 2.43. The van der Waals surface area contributed by atoms with Crippen molar-refractivity contribution in [2.24, 2.45) is 7.05 Å².